The van der Waals surface area contributed by atoms with Gasteiger partial charge in [-0.3, -0.25) is 15.0 Å². The van der Waals surface area contributed by atoms with Crippen LogP contribution in [0.15, 0.2) is 35.7 Å². The van der Waals surface area contributed by atoms with Gasteiger partial charge in [0, 0.05) is 19.0 Å². The summed E-state index contributed by atoms with van der Waals surface area (Å²) < 4.78 is 5.36. The van der Waals surface area contributed by atoms with Crippen LogP contribution in [0.5, 0.6) is 0 Å². The van der Waals surface area contributed by atoms with Gasteiger partial charge in [-0.2, -0.15) is 0 Å². The Hall–Kier alpha value is -1.76. The largest absolute Gasteiger partial charge is 0.367 e. The summed E-state index contributed by atoms with van der Waals surface area (Å²) in [5.41, 5.74) is 1.86. The van der Waals surface area contributed by atoms with Crippen LogP contribution in [-0.4, -0.2) is 36.0 Å². The first-order valence-electron chi connectivity index (χ1n) is 8.31. The van der Waals surface area contributed by atoms with E-state index in [0.717, 1.165) is 30.9 Å². The van der Waals surface area contributed by atoms with E-state index >= 15 is 0 Å². The number of thiazole rings is 1. The summed E-state index contributed by atoms with van der Waals surface area (Å²) in [4.78, 5) is 19.4. The van der Waals surface area contributed by atoms with Crippen LogP contribution in [0.2, 0.25) is 0 Å². The van der Waals surface area contributed by atoms with Crippen LogP contribution in [0, 0.1) is 0 Å². The van der Waals surface area contributed by atoms with Crippen molar-refractivity contribution in [2.24, 2.45) is 0 Å². The van der Waals surface area contributed by atoms with Crippen molar-refractivity contribution >= 4 is 22.4 Å². The van der Waals surface area contributed by atoms with E-state index in [4.69, 9.17) is 4.74 Å². The summed E-state index contributed by atoms with van der Waals surface area (Å²) >= 11 is 1.46. The monoisotopic (exact) mass is 345 g/mol. The highest BCUT2D eigenvalue weighted by Gasteiger charge is 2.21. The van der Waals surface area contributed by atoms with E-state index in [2.05, 4.69) is 15.2 Å². The third-order valence-electron chi connectivity index (χ3n) is 4.19. The predicted molar refractivity (Wildman–Crippen MR) is 96.1 cm³/mol. The molecule has 1 aliphatic heterocycles. The highest BCUT2D eigenvalue weighted by atomic mass is 32.1. The van der Waals surface area contributed by atoms with Crippen molar-refractivity contribution in [1.82, 2.24) is 9.88 Å². The second kappa shape index (κ2) is 8.37. The lowest BCUT2D eigenvalue weighted by Crippen LogP contribution is -2.29. The highest BCUT2D eigenvalue weighted by Crippen LogP contribution is 2.22. The molecule has 24 heavy (non-hydrogen) atoms. The molecule has 0 bridgehead atoms. The van der Waals surface area contributed by atoms with Gasteiger partial charge in [-0.1, -0.05) is 36.8 Å². The van der Waals surface area contributed by atoms with Crippen LogP contribution in [0.25, 0.3) is 0 Å². The first-order chi connectivity index (χ1) is 11.8. The van der Waals surface area contributed by atoms with Gasteiger partial charge in [-0.15, -0.1) is 11.3 Å². The molecule has 1 aliphatic rings. The smallest absolute Gasteiger partial charge is 0.259 e. The van der Waals surface area contributed by atoms with Gasteiger partial charge in [-0.25, -0.2) is 4.98 Å². The molecule has 0 radical (unpaired) electrons. The van der Waals surface area contributed by atoms with E-state index in [9.17, 15) is 4.79 Å². The zero-order valence-electron chi connectivity index (χ0n) is 13.9. The van der Waals surface area contributed by atoms with Gasteiger partial charge in [0.15, 0.2) is 11.2 Å². The molecule has 1 atom stereocenters. The lowest BCUT2D eigenvalue weighted by atomic mass is 10.1. The minimum Gasteiger partial charge on any atom is -0.367 e. The second-order valence-corrected chi connectivity index (χ2v) is 6.85. The van der Waals surface area contributed by atoms with Crippen molar-refractivity contribution in [3.63, 3.8) is 0 Å². The number of nitrogens with zero attached hydrogens (tertiary/aromatic N) is 2. The average Bonchev–Trinajstić information content (AvgIpc) is 3.04. The van der Waals surface area contributed by atoms with Crippen LogP contribution in [0.3, 0.4) is 0 Å². The van der Waals surface area contributed by atoms with E-state index in [1.165, 1.54) is 30.6 Å². The number of carbonyl (C=O) groups is 1. The number of ether oxygens (including phenoxy) is 1. The Morgan fingerprint density at radius 3 is 2.75 bits per heavy atom. The molecule has 0 spiro atoms. The van der Waals surface area contributed by atoms with Crippen LogP contribution < -0.4 is 5.32 Å². The Morgan fingerprint density at radius 2 is 2.04 bits per heavy atom. The van der Waals surface area contributed by atoms with Gasteiger partial charge in [0.25, 0.3) is 5.91 Å². The number of hydrogen-bond donors (Lipinski definition) is 1. The summed E-state index contributed by atoms with van der Waals surface area (Å²) in [5, 5.41) is 5.53. The summed E-state index contributed by atoms with van der Waals surface area (Å²) in [6, 6.07) is 9.49. The number of hydrogen-bond acceptors (Lipinski definition) is 5. The zero-order valence-corrected chi connectivity index (χ0v) is 14.7. The minimum atomic E-state index is -0.624. The van der Waals surface area contributed by atoms with Crippen LogP contribution in [0.4, 0.5) is 5.13 Å². The Kier molecular flexibility index (Phi) is 5.96. The SMILES string of the molecule is CO[C@@H](C(=O)Nc1nc(CN2CCCCC2)cs1)c1ccccc1. The Balaban J connectivity index is 1.60. The summed E-state index contributed by atoms with van der Waals surface area (Å²) in [6.07, 6.45) is 3.23. The second-order valence-electron chi connectivity index (χ2n) is 6.00. The van der Waals surface area contributed by atoms with Gasteiger partial charge in [0.2, 0.25) is 0 Å². The molecule has 0 saturated carbocycles. The van der Waals surface area contributed by atoms with E-state index in [1.807, 2.05) is 35.7 Å². The molecule has 2 aromatic rings. The van der Waals surface area contributed by atoms with Crippen molar-refractivity contribution in [3.05, 3.63) is 47.0 Å². The Bertz CT molecular complexity index is 653. The van der Waals surface area contributed by atoms with E-state index in [-0.39, 0.29) is 5.91 Å². The molecule has 5 nitrogen and oxygen atoms in total. The molecular formula is C18H23N3O2S. The van der Waals surface area contributed by atoms with E-state index in [1.54, 1.807) is 7.11 Å². The lowest BCUT2D eigenvalue weighted by molar-refractivity contribution is -0.126. The fourth-order valence-corrected chi connectivity index (χ4v) is 3.68. The number of methoxy groups -OCH3 is 1. The van der Waals surface area contributed by atoms with Gasteiger partial charge >= 0.3 is 0 Å². The first kappa shape index (κ1) is 17.1. The maximum atomic E-state index is 12.5. The van der Waals surface area contributed by atoms with Gasteiger partial charge in [0.05, 0.1) is 5.69 Å². The van der Waals surface area contributed by atoms with Crippen LogP contribution >= 0.6 is 11.3 Å². The molecule has 0 unspecified atom stereocenters. The highest BCUT2D eigenvalue weighted by molar-refractivity contribution is 7.13. The summed E-state index contributed by atoms with van der Waals surface area (Å²) in [7, 11) is 1.54. The Labute approximate surface area is 146 Å². The third kappa shape index (κ3) is 4.41. The van der Waals surface area contributed by atoms with Crippen LogP contribution in [0.1, 0.15) is 36.6 Å². The van der Waals surface area contributed by atoms with Gasteiger partial charge < -0.3 is 4.74 Å². The van der Waals surface area contributed by atoms with Crippen molar-refractivity contribution in [3.8, 4) is 0 Å². The summed E-state index contributed by atoms with van der Waals surface area (Å²) in [6.45, 7) is 3.14. The normalized spacial score (nSPS) is 16.7. The number of rotatable bonds is 6. The molecule has 1 amide bonds. The van der Waals surface area contributed by atoms with Crippen LogP contribution in [-0.2, 0) is 16.1 Å². The van der Waals surface area contributed by atoms with Gasteiger partial charge in [0.1, 0.15) is 0 Å². The zero-order chi connectivity index (χ0) is 16.8. The minimum absolute atomic E-state index is 0.192. The number of amides is 1. The number of carbonyl (C=O) groups excluding carboxylic acids is 1. The van der Waals surface area contributed by atoms with E-state index < -0.39 is 6.10 Å². The molecule has 1 aromatic carbocycles. The molecule has 3 rings (SSSR count). The maximum absolute atomic E-state index is 12.5. The molecule has 6 heteroatoms. The first-order valence-corrected chi connectivity index (χ1v) is 9.19. The van der Waals surface area contributed by atoms with Crippen molar-refractivity contribution in [2.75, 3.05) is 25.5 Å². The average molecular weight is 345 g/mol. The molecule has 1 aromatic heterocycles. The number of likely N-dealkylation sites (tertiary alicyclic amines) is 1. The molecule has 1 fully saturated rings. The Morgan fingerprint density at radius 1 is 1.29 bits per heavy atom. The predicted octanol–water partition coefficient (Wildman–Crippen LogP) is 3.46. The van der Waals surface area contributed by atoms with Crippen molar-refractivity contribution in [2.45, 2.75) is 31.9 Å². The molecule has 0 aliphatic carbocycles. The summed E-state index contributed by atoms with van der Waals surface area (Å²) in [5.74, 6) is -0.192. The fraction of sp³-hybridized carbons (Fsp3) is 0.444. The number of anilines is 1. The molecule has 1 saturated heterocycles. The van der Waals surface area contributed by atoms with E-state index in [0.29, 0.717) is 5.13 Å². The topological polar surface area (TPSA) is 54.5 Å². The van der Waals surface area contributed by atoms with Gasteiger partial charge in [-0.05, 0) is 31.5 Å². The fourth-order valence-electron chi connectivity index (χ4n) is 2.98. The standard InChI is InChI=1S/C18H23N3O2S/c1-23-16(14-8-4-2-5-9-14)17(22)20-18-19-15(13-24-18)12-21-10-6-3-7-11-21/h2,4-5,8-9,13,16H,3,6-7,10-12H2,1H3,(H,19,20,22)/t16-/m1/s1. The third-order valence-corrected chi connectivity index (χ3v) is 5.00. The quantitative estimate of drug-likeness (QED) is 0.871. The molecule has 128 valence electrons. The molecule has 1 N–H and O–H groups in total. The lowest BCUT2D eigenvalue weighted by Gasteiger charge is -2.25. The van der Waals surface area contributed by atoms with Crippen molar-refractivity contribution in [1.29, 1.82) is 0 Å². The number of nitrogens with one attached hydrogen (secondary N) is 1. The number of benzene rings is 1. The molecular weight excluding hydrogens is 322 g/mol. The van der Waals surface area contributed by atoms with Crippen molar-refractivity contribution < 1.29 is 9.53 Å². The number of piperidine rings is 1. The number of aromatic nitrogens is 1. The maximum Gasteiger partial charge on any atom is 0.259 e. The molecule has 2 heterocycles.